The number of primary amides is 1. The topological polar surface area (TPSA) is 126 Å². The van der Waals surface area contributed by atoms with Gasteiger partial charge in [0.15, 0.2) is 5.69 Å². The zero-order chi connectivity index (χ0) is 23.3. The fraction of sp³-hybridized carbons (Fsp3) is 0.684. The smallest absolute Gasteiger partial charge is 0.404 e. The van der Waals surface area contributed by atoms with Gasteiger partial charge in [-0.1, -0.05) is 20.8 Å². The lowest BCUT2D eigenvalue weighted by atomic mass is 9.75. The number of anilines is 1. The van der Waals surface area contributed by atoms with Crippen molar-refractivity contribution in [1.82, 2.24) is 0 Å². The Morgan fingerprint density at radius 2 is 1.97 bits per heavy atom. The van der Waals surface area contributed by atoms with Crippen molar-refractivity contribution >= 4 is 17.5 Å². The van der Waals surface area contributed by atoms with Gasteiger partial charge >= 0.3 is 18.0 Å². The molecule has 0 saturated carbocycles. The highest BCUT2D eigenvalue weighted by atomic mass is 19.4. The molecule has 1 aliphatic carbocycles. The van der Waals surface area contributed by atoms with Crippen molar-refractivity contribution < 1.29 is 32.4 Å². The first kappa shape index (κ1) is 22.9. The number of aromatic nitrogens is 1. The van der Waals surface area contributed by atoms with Gasteiger partial charge in [-0.2, -0.15) is 17.9 Å². The number of pyridine rings is 1. The Morgan fingerprint density at radius 3 is 2.48 bits per heavy atom. The first-order chi connectivity index (χ1) is 14.2. The van der Waals surface area contributed by atoms with E-state index < -0.39 is 59.3 Å². The quantitative estimate of drug-likeness (QED) is 0.329. The molecule has 3 rings (SSSR count). The van der Waals surface area contributed by atoms with E-state index in [0.29, 0.717) is 35.3 Å². The third-order valence-electron chi connectivity index (χ3n) is 5.95. The molecule has 0 spiro atoms. The number of nitro groups is 1. The van der Waals surface area contributed by atoms with Crippen LogP contribution in [0.2, 0.25) is 0 Å². The average Bonchev–Trinajstić information content (AvgIpc) is 3.08. The fourth-order valence-electron chi connectivity index (χ4n) is 4.87. The Bertz CT molecular complexity index is 900. The fourth-order valence-corrected chi connectivity index (χ4v) is 4.87. The van der Waals surface area contributed by atoms with Crippen LogP contribution in [0.3, 0.4) is 0 Å². The third kappa shape index (κ3) is 4.33. The molecule has 0 radical (unpaired) electrons. The summed E-state index contributed by atoms with van der Waals surface area (Å²) in [7, 11) is 0. The zero-order valence-electron chi connectivity index (χ0n) is 17.4. The predicted molar refractivity (Wildman–Crippen MR) is 103 cm³/mol. The Kier molecular flexibility index (Phi) is 5.70. The number of hydrogen-bond donors (Lipinski definition) is 1. The van der Waals surface area contributed by atoms with E-state index in [0.717, 1.165) is 6.20 Å². The van der Waals surface area contributed by atoms with Crippen LogP contribution in [0.4, 0.5) is 29.3 Å². The van der Waals surface area contributed by atoms with Crippen LogP contribution in [-0.4, -0.2) is 35.9 Å². The number of nitrogens with two attached hydrogens (primary N) is 1. The molecular formula is C19H25F3N4O5. The highest BCUT2D eigenvalue weighted by Crippen LogP contribution is 2.47. The third-order valence-corrected chi connectivity index (χ3v) is 5.95. The summed E-state index contributed by atoms with van der Waals surface area (Å²) in [6, 6.07) is -0.829. The highest BCUT2D eigenvalue weighted by Gasteiger charge is 2.54. The van der Waals surface area contributed by atoms with E-state index in [1.54, 1.807) is 20.8 Å². The molecule has 2 N–H and O–H groups in total. The van der Waals surface area contributed by atoms with Crippen LogP contribution in [0.15, 0.2) is 6.20 Å². The molecule has 2 heterocycles. The lowest BCUT2D eigenvalue weighted by Gasteiger charge is -2.50. The Hall–Kier alpha value is -2.79. The van der Waals surface area contributed by atoms with Crippen molar-refractivity contribution in [2.24, 2.45) is 17.1 Å². The van der Waals surface area contributed by atoms with Gasteiger partial charge in [-0.3, -0.25) is 10.1 Å². The number of rotatable bonds is 3. The second kappa shape index (κ2) is 7.72. The number of amides is 1. The van der Waals surface area contributed by atoms with Crippen molar-refractivity contribution in [3.05, 3.63) is 32.8 Å². The van der Waals surface area contributed by atoms with Crippen molar-refractivity contribution in [3.8, 4) is 0 Å². The maximum Gasteiger partial charge on any atom is 0.404 e. The van der Waals surface area contributed by atoms with Gasteiger partial charge in [0.1, 0.15) is 11.8 Å². The SMILES string of the molecule is CC(C)(C)C1[C@@H](OC(N)=O)C[C@@H](C(F)(F)F)CN1c1c([N+](=O)[O-])c[n+]([O-])c2c1CCC2. The largest absolute Gasteiger partial charge is 0.618 e. The van der Waals surface area contributed by atoms with Gasteiger partial charge in [-0.15, -0.1) is 0 Å². The molecule has 1 amide bonds. The number of hydrogen-bond acceptors (Lipinski definition) is 6. The molecule has 2 aliphatic rings. The molecular weight excluding hydrogens is 421 g/mol. The number of fused-ring (bicyclic) bond motifs is 1. The summed E-state index contributed by atoms with van der Waals surface area (Å²) in [4.78, 5) is 23.9. The van der Waals surface area contributed by atoms with Crippen molar-refractivity contribution in [1.29, 1.82) is 0 Å². The van der Waals surface area contributed by atoms with Crippen LogP contribution in [-0.2, 0) is 17.6 Å². The molecule has 12 heteroatoms. The Labute approximate surface area is 176 Å². The summed E-state index contributed by atoms with van der Waals surface area (Å²) in [6.07, 6.45) is -5.51. The standard InChI is InChI=1S/C19H25F3N4O5/c1-18(2,3)16-14(31-17(23)27)7-10(19(20,21)22)8-24(16)15-11-5-4-6-12(11)25(28)9-13(15)26(29)30/h9-10,14,16H,4-8H2,1-3H3,(H2,23,27)/t10-,14+,16?/m1/s1. The number of alkyl halides is 3. The molecule has 0 bridgehead atoms. The summed E-state index contributed by atoms with van der Waals surface area (Å²) >= 11 is 0. The minimum Gasteiger partial charge on any atom is -0.618 e. The van der Waals surface area contributed by atoms with E-state index in [2.05, 4.69) is 0 Å². The summed E-state index contributed by atoms with van der Waals surface area (Å²) in [5.74, 6) is -1.90. The Morgan fingerprint density at radius 1 is 1.32 bits per heavy atom. The summed E-state index contributed by atoms with van der Waals surface area (Å²) < 4.78 is 46.9. The lowest BCUT2D eigenvalue weighted by molar-refractivity contribution is -0.617. The van der Waals surface area contributed by atoms with E-state index >= 15 is 0 Å². The van der Waals surface area contributed by atoms with Crippen LogP contribution in [0.25, 0.3) is 0 Å². The van der Waals surface area contributed by atoms with Gasteiger partial charge in [0, 0.05) is 13.0 Å². The summed E-state index contributed by atoms with van der Waals surface area (Å²) in [5.41, 5.74) is 4.53. The van der Waals surface area contributed by atoms with E-state index in [1.165, 1.54) is 4.90 Å². The normalized spacial score (nSPS) is 24.1. The van der Waals surface area contributed by atoms with E-state index in [1.807, 2.05) is 0 Å². The van der Waals surface area contributed by atoms with E-state index in [4.69, 9.17) is 10.5 Å². The highest BCUT2D eigenvalue weighted by molar-refractivity contribution is 5.70. The molecule has 1 saturated heterocycles. The van der Waals surface area contributed by atoms with Crippen molar-refractivity contribution in [2.45, 2.75) is 64.8 Å². The van der Waals surface area contributed by atoms with Crippen molar-refractivity contribution in [2.75, 3.05) is 11.4 Å². The molecule has 3 atom stereocenters. The molecule has 1 aromatic heterocycles. The molecule has 1 unspecified atom stereocenters. The second-order valence-corrected chi connectivity index (χ2v) is 9.14. The summed E-state index contributed by atoms with van der Waals surface area (Å²) in [6.45, 7) is 4.69. The van der Waals surface area contributed by atoms with Crippen LogP contribution < -0.4 is 15.4 Å². The van der Waals surface area contributed by atoms with Gasteiger partial charge in [0.25, 0.3) is 6.20 Å². The monoisotopic (exact) mass is 446 g/mol. The minimum atomic E-state index is -4.62. The summed E-state index contributed by atoms with van der Waals surface area (Å²) in [5, 5.41) is 24.1. The van der Waals surface area contributed by atoms with Crippen LogP contribution in [0.5, 0.6) is 0 Å². The maximum atomic E-state index is 13.8. The van der Waals surface area contributed by atoms with Crippen molar-refractivity contribution in [3.63, 3.8) is 0 Å². The van der Waals surface area contributed by atoms with Gasteiger partial charge in [0.2, 0.25) is 0 Å². The lowest BCUT2D eigenvalue weighted by Crippen LogP contribution is -2.61. The first-order valence-electron chi connectivity index (χ1n) is 9.93. The van der Waals surface area contributed by atoms with Crippen LogP contribution >= 0.6 is 0 Å². The molecule has 0 aromatic carbocycles. The van der Waals surface area contributed by atoms with Gasteiger partial charge in [-0.25, -0.2) is 4.79 Å². The number of carbonyl (C=O) groups is 1. The molecule has 9 nitrogen and oxygen atoms in total. The predicted octanol–water partition coefficient (Wildman–Crippen LogP) is 2.98. The number of piperidine rings is 1. The van der Waals surface area contributed by atoms with Crippen LogP contribution in [0.1, 0.15) is 44.9 Å². The first-order valence-corrected chi connectivity index (χ1v) is 9.93. The second-order valence-electron chi connectivity index (χ2n) is 9.14. The van der Waals surface area contributed by atoms with E-state index in [-0.39, 0.29) is 5.69 Å². The minimum absolute atomic E-state index is 0.00320. The van der Waals surface area contributed by atoms with E-state index in [9.17, 15) is 33.3 Å². The number of halogens is 3. The molecule has 31 heavy (non-hydrogen) atoms. The molecule has 1 fully saturated rings. The van der Waals surface area contributed by atoms with Gasteiger partial charge in [-0.05, 0) is 24.7 Å². The van der Waals surface area contributed by atoms with Gasteiger partial charge < -0.3 is 20.6 Å². The number of ether oxygens (including phenoxy) is 1. The molecule has 1 aliphatic heterocycles. The number of carbonyl (C=O) groups excluding carboxylic acids is 1. The average molecular weight is 446 g/mol. The maximum absolute atomic E-state index is 13.8. The van der Waals surface area contributed by atoms with Crippen LogP contribution in [0, 0.1) is 26.7 Å². The Balaban J connectivity index is 2.26. The zero-order valence-corrected chi connectivity index (χ0v) is 17.4. The van der Waals surface area contributed by atoms with Gasteiger partial charge in [0.05, 0.1) is 22.4 Å². The number of nitrogens with zero attached hydrogens (tertiary/aromatic N) is 3. The molecule has 172 valence electrons. The molecule has 1 aromatic rings.